The Bertz CT molecular complexity index is 551. The number of nitrogens with zero attached hydrogens (tertiary/aromatic N) is 5. The highest BCUT2D eigenvalue weighted by atomic mass is 16.5. The van der Waals surface area contributed by atoms with Crippen LogP contribution in [0.15, 0.2) is 6.07 Å². The van der Waals surface area contributed by atoms with Crippen LogP contribution in [0.4, 0.5) is 4.79 Å². The van der Waals surface area contributed by atoms with Gasteiger partial charge in [0.2, 0.25) is 0 Å². The monoisotopic (exact) mass is 319 g/mol. The highest BCUT2D eigenvalue weighted by molar-refractivity contribution is 5.75. The summed E-state index contributed by atoms with van der Waals surface area (Å²) in [6, 6.07) is 2.47. The number of likely N-dealkylation sites (N-methyl/N-ethyl adjacent to an activating group) is 1. The second kappa shape index (κ2) is 6.70. The van der Waals surface area contributed by atoms with Crippen molar-refractivity contribution in [3.63, 3.8) is 0 Å². The summed E-state index contributed by atoms with van der Waals surface area (Å²) >= 11 is 0. The minimum Gasteiger partial charge on any atom is -0.458 e. The molecule has 0 saturated carbocycles. The van der Waals surface area contributed by atoms with Crippen molar-refractivity contribution in [3.05, 3.63) is 17.5 Å². The molecule has 7 heteroatoms. The first kappa shape index (κ1) is 16.0. The lowest BCUT2D eigenvalue weighted by Crippen LogP contribution is -2.51. The van der Waals surface area contributed by atoms with Crippen molar-refractivity contribution in [1.82, 2.24) is 24.7 Å². The van der Waals surface area contributed by atoms with Gasteiger partial charge in [-0.2, -0.15) is 0 Å². The average molecular weight is 319 g/mol. The summed E-state index contributed by atoms with van der Waals surface area (Å²) in [6.45, 7) is 8.70. The van der Waals surface area contributed by atoms with Crippen molar-refractivity contribution >= 4 is 6.03 Å². The van der Waals surface area contributed by atoms with E-state index < -0.39 is 0 Å². The zero-order valence-electron chi connectivity index (χ0n) is 14.2. The van der Waals surface area contributed by atoms with Crippen molar-refractivity contribution in [3.8, 4) is 6.01 Å². The maximum absolute atomic E-state index is 12.6. The van der Waals surface area contributed by atoms with E-state index in [-0.39, 0.29) is 12.1 Å². The predicted octanol–water partition coefficient (Wildman–Crippen LogP) is 0.914. The molecule has 0 N–H and O–H groups in total. The number of aryl methyl sites for hydroxylation is 2. The molecule has 1 aromatic rings. The molecule has 0 radical (unpaired) electrons. The Kier molecular flexibility index (Phi) is 4.66. The van der Waals surface area contributed by atoms with E-state index in [4.69, 9.17) is 4.74 Å². The van der Waals surface area contributed by atoms with Crippen molar-refractivity contribution < 1.29 is 9.53 Å². The lowest BCUT2D eigenvalue weighted by Gasteiger charge is -2.34. The molecule has 2 aliphatic rings. The summed E-state index contributed by atoms with van der Waals surface area (Å²) in [5.41, 5.74) is 1.80. The molecule has 2 saturated heterocycles. The molecule has 0 unspecified atom stereocenters. The fourth-order valence-corrected chi connectivity index (χ4v) is 3.09. The highest BCUT2D eigenvalue weighted by Crippen LogP contribution is 2.18. The molecule has 0 spiro atoms. The third-order valence-electron chi connectivity index (χ3n) is 4.42. The molecule has 2 fully saturated rings. The lowest BCUT2D eigenvalue weighted by atomic mass is 10.3. The average Bonchev–Trinajstić information content (AvgIpc) is 2.94. The van der Waals surface area contributed by atoms with Gasteiger partial charge >= 0.3 is 12.0 Å². The van der Waals surface area contributed by atoms with Gasteiger partial charge in [-0.25, -0.2) is 14.8 Å². The number of carbonyl (C=O) groups is 1. The van der Waals surface area contributed by atoms with Crippen LogP contribution in [0.5, 0.6) is 6.01 Å². The normalized spacial score (nSPS) is 22.5. The number of likely N-dealkylation sites (tertiary alicyclic amines) is 1. The Labute approximate surface area is 137 Å². The fourth-order valence-electron chi connectivity index (χ4n) is 3.09. The maximum Gasteiger partial charge on any atom is 0.320 e. The molecule has 3 heterocycles. The quantitative estimate of drug-likeness (QED) is 0.811. The van der Waals surface area contributed by atoms with Crippen LogP contribution in [0, 0.1) is 13.8 Å². The van der Waals surface area contributed by atoms with Crippen LogP contribution in [0.1, 0.15) is 17.8 Å². The molecule has 3 rings (SSSR count). The van der Waals surface area contributed by atoms with Crippen LogP contribution >= 0.6 is 0 Å². The molecule has 2 aliphatic heterocycles. The first-order chi connectivity index (χ1) is 11.0. The van der Waals surface area contributed by atoms with Gasteiger partial charge in [0.25, 0.3) is 0 Å². The molecule has 1 aromatic heterocycles. The van der Waals surface area contributed by atoms with Gasteiger partial charge in [-0.05, 0) is 27.0 Å². The van der Waals surface area contributed by atoms with Gasteiger partial charge in [-0.3, -0.25) is 0 Å². The minimum absolute atomic E-state index is 0.0207. The SMILES string of the molecule is Cc1cc(C)nc(O[C@@H]2CCN(C(=O)N3CCN(C)CC3)C2)n1. The predicted molar refractivity (Wildman–Crippen MR) is 86.6 cm³/mol. The number of hydrogen-bond donors (Lipinski definition) is 0. The molecule has 126 valence electrons. The molecule has 0 aromatic carbocycles. The van der Waals surface area contributed by atoms with Crippen LogP contribution in [0.25, 0.3) is 0 Å². The fraction of sp³-hybridized carbons (Fsp3) is 0.688. The number of hydrogen-bond acceptors (Lipinski definition) is 5. The van der Waals surface area contributed by atoms with E-state index in [0.29, 0.717) is 12.6 Å². The first-order valence-electron chi connectivity index (χ1n) is 8.22. The van der Waals surface area contributed by atoms with E-state index in [2.05, 4.69) is 21.9 Å². The first-order valence-corrected chi connectivity index (χ1v) is 8.22. The molecular weight excluding hydrogens is 294 g/mol. The van der Waals surface area contributed by atoms with Gasteiger partial charge < -0.3 is 19.4 Å². The molecular formula is C16H25N5O2. The van der Waals surface area contributed by atoms with Crippen LogP contribution < -0.4 is 4.74 Å². The number of carbonyl (C=O) groups excluding carboxylic acids is 1. The van der Waals surface area contributed by atoms with Crippen LogP contribution in [0.2, 0.25) is 0 Å². The number of rotatable bonds is 2. The van der Waals surface area contributed by atoms with Gasteiger partial charge in [0.05, 0.1) is 6.54 Å². The minimum atomic E-state index is -0.0207. The molecule has 1 atom stereocenters. The lowest BCUT2D eigenvalue weighted by molar-refractivity contribution is 0.122. The standard InChI is InChI=1S/C16H25N5O2/c1-12-10-13(2)18-15(17-12)23-14-4-5-21(11-14)16(22)20-8-6-19(3)7-9-20/h10,14H,4-9,11H2,1-3H3/t14-/m1/s1. The number of amides is 2. The Balaban J connectivity index is 1.54. The number of piperazine rings is 1. The van der Waals surface area contributed by atoms with Gasteiger partial charge in [0.1, 0.15) is 6.10 Å². The zero-order chi connectivity index (χ0) is 16.4. The second-order valence-corrected chi connectivity index (χ2v) is 6.48. The molecule has 2 amide bonds. The van der Waals surface area contributed by atoms with Crippen LogP contribution in [-0.2, 0) is 0 Å². The van der Waals surface area contributed by atoms with E-state index in [1.54, 1.807) is 0 Å². The second-order valence-electron chi connectivity index (χ2n) is 6.48. The molecule has 23 heavy (non-hydrogen) atoms. The van der Waals surface area contributed by atoms with Crippen molar-refractivity contribution in [2.75, 3.05) is 46.3 Å². The summed E-state index contributed by atoms with van der Waals surface area (Å²) < 4.78 is 5.88. The zero-order valence-corrected chi connectivity index (χ0v) is 14.2. The Morgan fingerprint density at radius 3 is 2.39 bits per heavy atom. The Morgan fingerprint density at radius 2 is 1.74 bits per heavy atom. The topological polar surface area (TPSA) is 61.8 Å². The van der Waals surface area contributed by atoms with Gasteiger partial charge in [0, 0.05) is 50.5 Å². The van der Waals surface area contributed by atoms with Crippen molar-refractivity contribution in [1.29, 1.82) is 0 Å². The number of aromatic nitrogens is 2. The maximum atomic E-state index is 12.6. The summed E-state index contributed by atoms with van der Waals surface area (Å²) in [4.78, 5) is 27.3. The van der Waals surface area contributed by atoms with E-state index in [9.17, 15) is 4.79 Å². The van der Waals surface area contributed by atoms with Gasteiger partial charge in [-0.1, -0.05) is 0 Å². The van der Waals surface area contributed by atoms with E-state index >= 15 is 0 Å². The summed E-state index contributed by atoms with van der Waals surface area (Å²) in [7, 11) is 2.09. The van der Waals surface area contributed by atoms with Gasteiger partial charge in [0.15, 0.2) is 0 Å². The van der Waals surface area contributed by atoms with E-state index in [0.717, 1.165) is 50.5 Å². The summed E-state index contributed by atoms with van der Waals surface area (Å²) in [6.07, 6.45) is 0.808. The Hall–Kier alpha value is -1.89. The van der Waals surface area contributed by atoms with Crippen LogP contribution in [0.3, 0.4) is 0 Å². The van der Waals surface area contributed by atoms with Crippen molar-refractivity contribution in [2.45, 2.75) is 26.4 Å². The van der Waals surface area contributed by atoms with Gasteiger partial charge in [-0.15, -0.1) is 0 Å². The third-order valence-corrected chi connectivity index (χ3v) is 4.42. The third kappa shape index (κ3) is 3.90. The number of urea groups is 1. The Morgan fingerprint density at radius 1 is 1.09 bits per heavy atom. The molecule has 0 aliphatic carbocycles. The van der Waals surface area contributed by atoms with Crippen molar-refractivity contribution in [2.24, 2.45) is 0 Å². The molecule has 0 bridgehead atoms. The summed E-state index contributed by atoms with van der Waals surface area (Å²) in [5, 5.41) is 0. The smallest absolute Gasteiger partial charge is 0.320 e. The summed E-state index contributed by atoms with van der Waals surface area (Å²) in [5.74, 6) is 0. The largest absolute Gasteiger partial charge is 0.458 e. The highest BCUT2D eigenvalue weighted by Gasteiger charge is 2.31. The van der Waals surface area contributed by atoms with E-state index in [1.807, 2.05) is 29.7 Å². The molecule has 7 nitrogen and oxygen atoms in total. The van der Waals surface area contributed by atoms with E-state index in [1.165, 1.54) is 0 Å². The number of ether oxygens (including phenoxy) is 1. The van der Waals surface area contributed by atoms with Crippen LogP contribution in [-0.4, -0.2) is 83.1 Å².